The van der Waals surface area contributed by atoms with Gasteiger partial charge in [-0.3, -0.25) is 0 Å². The Morgan fingerprint density at radius 2 is 2.22 bits per heavy atom. The molecular weight excluding hydrogens is 228 g/mol. The molecule has 0 aliphatic rings. The molecule has 0 radical (unpaired) electrons. The number of imidazole rings is 1. The number of rotatable bonds is 5. The Labute approximate surface area is 105 Å². The summed E-state index contributed by atoms with van der Waals surface area (Å²) in [5, 5.41) is 8.80. The van der Waals surface area contributed by atoms with Gasteiger partial charge in [0.2, 0.25) is 5.82 Å². The number of nitrogens with two attached hydrogens (primary N) is 1. The summed E-state index contributed by atoms with van der Waals surface area (Å²) in [6, 6.07) is 9.43. The van der Waals surface area contributed by atoms with Crippen LogP contribution in [0.25, 0.3) is 0 Å². The number of para-hydroxylation sites is 2. The number of nitrogens with zero attached hydrogens (tertiary/aromatic N) is 3. The van der Waals surface area contributed by atoms with Crippen LogP contribution in [-0.4, -0.2) is 16.2 Å². The molecule has 2 rings (SSSR count). The second-order valence-electron chi connectivity index (χ2n) is 3.80. The van der Waals surface area contributed by atoms with E-state index in [4.69, 9.17) is 15.7 Å². The molecule has 0 fully saturated rings. The average molecular weight is 242 g/mol. The molecule has 5 nitrogen and oxygen atoms in total. The fourth-order valence-electron chi connectivity index (χ4n) is 1.63. The maximum absolute atomic E-state index is 8.80. The van der Waals surface area contributed by atoms with Crippen LogP contribution in [0.15, 0.2) is 36.7 Å². The van der Waals surface area contributed by atoms with E-state index in [1.807, 2.05) is 24.3 Å². The van der Waals surface area contributed by atoms with Gasteiger partial charge in [-0.05, 0) is 18.6 Å². The molecule has 92 valence electrons. The Bertz CT molecular complexity index is 552. The van der Waals surface area contributed by atoms with Crippen molar-refractivity contribution in [3.8, 4) is 11.8 Å². The number of nitriles is 1. The minimum Gasteiger partial charge on any atom is -0.491 e. The van der Waals surface area contributed by atoms with Crippen molar-refractivity contribution in [2.24, 2.45) is 0 Å². The first-order valence-corrected chi connectivity index (χ1v) is 5.70. The lowest BCUT2D eigenvalue weighted by Gasteiger charge is -2.08. The largest absolute Gasteiger partial charge is 0.491 e. The minimum atomic E-state index is 0.425. The minimum absolute atomic E-state index is 0.425. The van der Waals surface area contributed by atoms with E-state index in [1.165, 1.54) is 0 Å². The van der Waals surface area contributed by atoms with Gasteiger partial charge in [-0.1, -0.05) is 12.1 Å². The molecule has 0 amide bonds. The van der Waals surface area contributed by atoms with Gasteiger partial charge >= 0.3 is 0 Å². The lowest BCUT2D eigenvalue weighted by Crippen LogP contribution is -2.06. The molecule has 1 aromatic carbocycles. The molecule has 0 aliphatic carbocycles. The number of benzene rings is 1. The van der Waals surface area contributed by atoms with Crippen molar-refractivity contribution in [3.63, 3.8) is 0 Å². The topological polar surface area (TPSA) is 76.9 Å². The molecule has 1 heterocycles. The number of hydrogen-bond acceptors (Lipinski definition) is 4. The number of anilines is 1. The van der Waals surface area contributed by atoms with Crippen molar-refractivity contribution < 1.29 is 4.74 Å². The van der Waals surface area contributed by atoms with Gasteiger partial charge in [0.05, 0.1) is 12.3 Å². The number of aromatic nitrogens is 2. The predicted octanol–water partition coefficient (Wildman–Crippen LogP) is 1.81. The third-order valence-electron chi connectivity index (χ3n) is 2.54. The molecule has 18 heavy (non-hydrogen) atoms. The van der Waals surface area contributed by atoms with Gasteiger partial charge in [0, 0.05) is 18.9 Å². The van der Waals surface area contributed by atoms with Crippen LogP contribution in [0.4, 0.5) is 5.69 Å². The van der Waals surface area contributed by atoms with Gasteiger partial charge in [0.1, 0.15) is 11.8 Å². The lowest BCUT2D eigenvalue weighted by atomic mass is 10.3. The normalized spacial score (nSPS) is 9.94. The smallest absolute Gasteiger partial charge is 0.212 e. The molecule has 0 atom stereocenters. The molecule has 0 saturated carbocycles. The zero-order chi connectivity index (χ0) is 12.8. The van der Waals surface area contributed by atoms with Gasteiger partial charge < -0.3 is 15.0 Å². The summed E-state index contributed by atoms with van der Waals surface area (Å²) in [6.07, 6.45) is 4.20. The van der Waals surface area contributed by atoms with Crippen LogP contribution in [0, 0.1) is 11.3 Å². The summed E-state index contributed by atoms with van der Waals surface area (Å²) in [5.41, 5.74) is 6.40. The van der Waals surface area contributed by atoms with Crippen LogP contribution in [0.5, 0.6) is 5.75 Å². The number of nitrogen functional groups attached to an aromatic ring is 1. The molecule has 5 heteroatoms. The average Bonchev–Trinajstić information content (AvgIpc) is 2.84. The predicted molar refractivity (Wildman–Crippen MR) is 67.9 cm³/mol. The summed E-state index contributed by atoms with van der Waals surface area (Å²) in [7, 11) is 0. The van der Waals surface area contributed by atoms with E-state index in [1.54, 1.807) is 23.0 Å². The molecule has 0 bridgehead atoms. The summed E-state index contributed by atoms with van der Waals surface area (Å²) >= 11 is 0. The van der Waals surface area contributed by atoms with E-state index in [0.29, 0.717) is 30.4 Å². The number of ether oxygens (including phenoxy) is 1. The summed E-state index contributed by atoms with van der Waals surface area (Å²) < 4.78 is 7.37. The van der Waals surface area contributed by atoms with E-state index in [0.717, 1.165) is 6.42 Å². The molecule has 2 N–H and O–H groups in total. The zero-order valence-corrected chi connectivity index (χ0v) is 9.91. The van der Waals surface area contributed by atoms with E-state index in [2.05, 4.69) is 4.98 Å². The van der Waals surface area contributed by atoms with E-state index >= 15 is 0 Å². The van der Waals surface area contributed by atoms with Crippen LogP contribution < -0.4 is 10.5 Å². The van der Waals surface area contributed by atoms with Gasteiger partial charge in [-0.15, -0.1) is 0 Å². The van der Waals surface area contributed by atoms with Crippen molar-refractivity contribution in [1.29, 1.82) is 5.26 Å². The van der Waals surface area contributed by atoms with Gasteiger partial charge in [0.15, 0.2) is 0 Å². The van der Waals surface area contributed by atoms with Crippen LogP contribution in [0.2, 0.25) is 0 Å². The second kappa shape index (κ2) is 5.73. The quantitative estimate of drug-likeness (QED) is 0.640. The lowest BCUT2D eigenvalue weighted by molar-refractivity contribution is 0.303. The first-order valence-electron chi connectivity index (χ1n) is 5.70. The summed E-state index contributed by atoms with van der Waals surface area (Å²) in [5.74, 6) is 1.12. The van der Waals surface area contributed by atoms with Gasteiger partial charge in [-0.25, -0.2) is 4.98 Å². The fraction of sp³-hybridized carbons (Fsp3) is 0.231. The second-order valence-corrected chi connectivity index (χ2v) is 3.80. The highest BCUT2D eigenvalue weighted by Crippen LogP contribution is 2.19. The third kappa shape index (κ3) is 2.80. The van der Waals surface area contributed by atoms with Crippen molar-refractivity contribution in [2.75, 3.05) is 12.3 Å². The Morgan fingerprint density at radius 1 is 1.39 bits per heavy atom. The number of hydrogen-bond donors (Lipinski definition) is 1. The van der Waals surface area contributed by atoms with Crippen molar-refractivity contribution in [2.45, 2.75) is 13.0 Å². The van der Waals surface area contributed by atoms with Crippen LogP contribution in [-0.2, 0) is 6.54 Å². The van der Waals surface area contributed by atoms with E-state index in [9.17, 15) is 0 Å². The third-order valence-corrected chi connectivity index (χ3v) is 2.54. The molecule has 1 aromatic heterocycles. The van der Waals surface area contributed by atoms with Crippen LogP contribution >= 0.6 is 0 Å². The van der Waals surface area contributed by atoms with Gasteiger partial charge in [0.25, 0.3) is 0 Å². The first-order chi connectivity index (χ1) is 8.81. The molecule has 0 saturated heterocycles. The van der Waals surface area contributed by atoms with Crippen molar-refractivity contribution >= 4 is 5.69 Å². The molecule has 0 unspecified atom stereocenters. The summed E-state index contributed by atoms with van der Waals surface area (Å²) in [4.78, 5) is 3.93. The van der Waals surface area contributed by atoms with Crippen molar-refractivity contribution in [3.05, 3.63) is 42.5 Å². The Morgan fingerprint density at radius 3 is 3.00 bits per heavy atom. The monoisotopic (exact) mass is 242 g/mol. The zero-order valence-electron chi connectivity index (χ0n) is 9.91. The van der Waals surface area contributed by atoms with E-state index < -0.39 is 0 Å². The Hall–Kier alpha value is -2.48. The highest BCUT2D eigenvalue weighted by atomic mass is 16.5. The Balaban J connectivity index is 1.80. The number of aryl methyl sites for hydroxylation is 1. The van der Waals surface area contributed by atoms with E-state index in [-0.39, 0.29) is 0 Å². The Kier molecular flexibility index (Phi) is 3.82. The highest BCUT2D eigenvalue weighted by Gasteiger charge is 2.01. The van der Waals surface area contributed by atoms with Crippen LogP contribution in [0.3, 0.4) is 0 Å². The maximum Gasteiger partial charge on any atom is 0.212 e. The SMILES string of the molecule is N#Cc1nccn1CCCOc1ccccc1N. The molecular formula is C13H14N4O. The maximum atomic E-state index is 8.80. The molecule has 0 spiro atoms. The fourth-order valence-corrected chi connectivity index (χ4v) is 1.63. The van der Waals surface area contributed by atoms with Gasteiger partial charge in [-0.2, -0.15) is 5.26 Å². The highest BCUT2D eigenvalue weighted by molar-refractivity contribution is 5.51. The van der Waals surface area contributed by atoms with Crippen molar-refractivity contribution in [1.82, 2.24) is 9.55 Å². The summed E-state index contributed by atoms with van der Waals surface area (Å²) in [6.45, 7) is 1.26. The first kappa shape index (κ1) is 12.0. The molecule has 0 aliphatic heterocycles. The molecule has 2 aromatic rings. The standard InChI is InChI=1S/C13H14N4O/c14-10-13-16-6-8-17(13)7-3-9-18-12-5-2-1-4-11(12)15/h1-2,4-6,8H,3,7,9,15H2. The van der Waals surface area contributed by atoms with Crippen LogP contribution in [0.1, 0.15) is 12.2 Å².